The Morgan fingerprint density at radius 3 is 2.52 bits per heavy atom. The predicted octanol–water partition coefficient (Wildman–Crippen LogP) is 2.73. The Bertz CT molecular complexity index is 908. The third-order valence-corrected chi connectivity index (χ3v) is 6.25. The Kier molecular flexibility index (Phi) is 6.87. The zero-order chi connectivity index (χ0) is 21.6. The van der Waals surface area contributed by atoms with Crippen molar-refractivity contribution >= 4 is 17.5 Å². The highest BCUT2D eigenvalue weighted by molar-refractivity contribution is 6.04. The van der Waals surface area contributed by atoms with Crippen LogP contribution in [-0.2, 0) is 4.79 Å². The second-order valence-corrected chi connectivity index (χ2v) is 8.60. The first-order valence-electron chi connectivity index (χ1n) is 11.3. The number of rotatable bonds is 7. The van der Waals surface area contributed by atoms with E-state index in [0.717, 1.165) is 38.0 Å². The Balaban J connectivity index is 1.45. The van der Waals surface area contributed by atoms with Gasteiger partial charge in [0, 0.05) is 18.0 Å². The highest BCUT2D eigenvalue weighted by Gasteiger charge is 2.29. The summed E-state index contributed by atoms with van der Waals surface area (Å²) >= 11 is 0. The number of quaternary nitrogens is 1. The van der Waals surface area contributed by atoms with Crippen LogP contribution in [0.4, 0.5) is 5.69 Å². The summed E-state index contributed by atoms with van der Waals surface area (Å²) in [7, 11) is 1.67. The highest BCUT2D eigenvalue weighted by atomic mass is 16.5. The average molecular weight is 423 g/mol. The van der Waals surface area contributed by atoms with Crippen LogP contribution in [0.1, 0.15) is 60.5 Å². The van der Waals surface area contributed by atoms with Gasteiger partial charge in [0.05, 0.1) is 24.9 Å². The Morgan fingerprint density at radius 1 is 1.00 bits per heavy atom. The van der Waals surface area contributed by atoms with Crippen molar-refractivity contribution in [1.82, 2.24) is 5.32 Å². The minimum Gasteiger partial charge on any atom is -0.497 e. The molecular weight excluding hydrogens is 390 g/mol. The summed E-state index contributed by atoms with van der Waals surface area (Å²) in [4.78, 5) is 26.8. The van der Waals surface area contributed by atoms with Crippen LogP contribution in [0.3, 0.4) is 0 Å². The molecule has 2 atom stereocenters. The summed E-state index contributed by atoms with van der Waals surface area (Å²) < 4.78 is 5.29. The molecule has 6 nitrogen and oxygen atoms in total. The molecule has 2 aromatic rings. The Hall–Kier alpha value is -2.86. The normalized spacial score (nSPS) is 21.1. The molecule has 2 aliphatic rings. The maximum Gasteiger partial charge on any atom is 0.279 e. The maximum absolute atomic E-state index is 13.0. The van der Waals surface area contributed by atoms with Crippen LogP contribution in [-0.4, -0.2) is 38.1 Å². The number of ether oxygens (including phenoxy) is 1. The van der Waals surface area contributed by atoms with E-state index in [2.05, 4.69) is 22.8 Å². The summed E-state index contributed by atoms with van der Waals surface area (Å²) in [6.45, 7) is 1.35. The number of methoxy groups -OCH3 is 1. The molecule has 4 rings (SSSR count). The lowest BCUT2D eigenvalue weighted by molar-refractivity contribution is -0.923. The van der Waals surface area contributed by atoms with Gasteiger partial charge in [0.15, 0.2) is 6.54 Å². The molecule has 31 heavy (non-hydrogen) atoms. The van der Waals surface area contributed by atoms with Crippen LogP contribution >= 0.6 is 0 Å². The number of carbonyl (C=O) groups excluding carboxylic acids is 2. The molecule has 1 aliphatic heterocycles. The van der Waals surface area contributed by atoms with Crippen molar-refractivity contribution in [2.75, 3.05) is 25.5 Å². The van der Waals surface area contributed by atoms with Gasteiger partial charge in [-0.05, 0) is 68.5 Å². The maximum atomic E-state index is 13.0. The van der Waals surface area contributed by atoms with Gasteiger partial charge in [-0.15, -0.1) is 0 Å². The highest BCUT2D eigenvalue weighted by Crippen LogP contribution is 2.23. The molecule has 1 heterocycles. The van der Waals surface area contributed by atoms with E-state index in [0.29, 0.717) is 17.8 Å². The van der Waals surface area contributed by atoms with E-state index >= 15 is 0 Å². The topological polar surface area (TPSA) is 71.9 Å². The van der Waals surface area contributed by atoms with Crippen molar-refractivity contribution < 1.29 is 19.2 Å². The fourth-order valence-corrected chi connectivity index (χ4v) is 4.39. The van der Waals surface area contributed by atoms with E-state index < -0.39 is 0 Å². The fourth-order valence-electron chi connectivity index (χ4n) is 4.39. The van der Waals surface area contributed by atoms with Gasteiger partial charge in [-0.25, -0.2) is 0 Å². The smallest absolute Gasteiger partial charge is 0.279 e. The fraction of sp³-hybridized carbons (Fsp3) is 0.440. The first-order chi connectivity index (χ1) is 15.1. The molecule has 6 heteroatoms. The molecule has 2 fully saturated rings. The molecule has 2 aromatic carbocycles. The minimum absolute atomic E-state index is 0.0536. The second-order valence-electron chi connectivity index (χ2n) is 8.60. The predicted molar refractivity (Wildman–Crippen MR) is 120 cm³/mol. The number of hydrogen-bond donors (Lipinski definition) is 3. The van der Waals surface area contributed by atoms with Gasteiger partial charge in [-0.2, -0.15) is 0 Å². The molecule has 1 saturated carbocycles. The van der Waals surface area contributed by atoms with Gasteiger partial charge in [0.1, 0.15) is 11.8 Å². The molecule has 0 radical (unpaired) electrons. The van der Waals surface area contributed by atoms with Crippen molar-refractivity contribution in [3.8, 4) is 5.75 Å². The monoisotopic (exact) mass is 422 g/mol. The number of benzene rings is 2. The third kappa shape index (κ3) is 5.64. The van der Waals surface area contributed by atoms with Crippen molar-refractivity contribution in [3.05, 3.63) is 59.7 Å². The third-order valence-electron chi connectivity index (χ3n) is 6.25. The largest absolute Gasteiger partial charge is 0.497 e. The summed E-state index contributed by atoms with van der Waals surface area (Å²) in [6, 6.07) is 16.0. The number of para-hydroxylation sites is 1. The lowest BCUT2D eigenvalue weighted by Gasteiger charge is -2.27. The molecule has 0 spiro atoms. The zero-order valence-corrected chi connectivity index (χ0v) is 18.2. The summed E-state index contributed by atoms with van der Waals surface area (Å²) in [5, 5.41) is 6.01. The minimum atomic E-state index is -0.114. The van der Waals surface area contributed by atoms with E-state index in [4.69, 9.17) is 4.74 Å². The number of carbonyl (C=O) groups is 2. The molecule has 1 saturated heterocycles. The van der Waals surface area contributed by atoms with Crippen LogP contribution < -0.4 is 20.3 Å². The van der Waals surface area contributed by atoms with Crippen LogP contribution in [0.2, 0.25) is 0 Å². The van der Waals surface area contributed by atoms with E-state index in [1.807, 2.05) is 24.3 Å². The number of amides is 2. The van der Waals surface area contributed by atoms with E-state index in [-0.39, 0.29) is 23.9 Å². The van der Waals surface area contributed by atoms with Crippen molar-refractivity contribution in [2.45, 2.75) is 50.6 Å². The van der Waals surface area contributed by atoms with Crippen LogP contribution in [0, 0.1) is 0 Å². The van der Waals surface area contributed by atoms with Crippen LogP contribution in [0.5, 0.6) is 5.75 Å². The molecule has 0 aromatic heterocycles. The molecule has 0 bridgehead atoms. The molecule has 3 N–H and O–H groups in total. The number of hydrogen-bond acceptors (Lipinski definition) is 3. The van der Waals surface area contributed by atoms with Gasteiger partial charge >= 0.3 is 0 Å². The SMILES string of the molecule is COc1ccc([C@H]2CCCCC[NH+]2CC(=O)Nc2ccccc2C(=O)NC2CC2)cc1. The molecule has 2 amide bonds. The van der Waals surface area contributed by atoms with Gasteiger partial charge in [-0.3, -0.25) is 9.59 Å². The van der Waals surface area contributed by atoms with E-state index in [1.54, 1.807) is 19.2 Å². The van der Waals surface area contributed by atoms with Gasteiger partial charge < -0.3 is 20.3 Å². The van der Waals surface area contributed by atoms with Crippen molar-refractivity contribution in [1.29, 1.82) is 0 Å². The summed E-state index contributed by atoms with van der Waals surface area (Å²) in [5.74, 6) is 0.677. The van der Waals surface area contributed by atoms with Gasteiger partial charge in [-0.1, -0.05) is 12.1 Å². The second kappa shape index (κ2) is 9.96. The first-order valence-corrected chi connectivity index (χ1v) is 11.3. The zero-order valence-electron chi connectivity index (χ0n) is 18.2. The number of nitrogens with one attached hydrogen (secondary N) is 3. The first kappa shape index (κ1) is 21.4. The van der Waals surface area contributed by atoms with Gasteiger partial charge in [0.2, 0.25) is 0 Å². The Labute approximate surface area is 184 Å². The molecule has 1 aliphatic carbocycles. The van der Waals surface area contributed by atoms with Crippen LogP contribution in [0.15, 0.2) is 48.5 Å². The van der Waals surface area contributed by atoms with Crippen LogP contribution in [0.25, 0.3) is 0 Å². The van der Waals surface area contributed by atoms with Crippen molar-refractivity contribution in [2.24, 2.45) is 0 Å². The molecular formula is C25H32N3O3+. The van der Waals surface area contributed by atoms with E-state index in [9.17, 15) is 9.59 Å². The van der Waals surface area contributed by atoms with E-state index in [1.165, 1.54) is 23.3 Å². The van der Waals surface area contributed by atoms with Gasteiger partial charge in [0.25, 0.3) is 11.8 Å². The number of likely N-dealkylation sites (tertiary alicyclic amines) is 1. The average Bonchev–Trinajstić information content (AvgIpc) is 3.62. The number of anilines is 1. The Morgan fingerprint density at radius 2 is 1.77 bits per heavy atom. The molecule has 164 valence electrons. The standard InChI is InChI=1S/C25H31N3O3/c1-31-20-14-10-18(11-15-20)23-9-3-2-6-16-28(23)17-24(29)27-22-8-5-4-7-21(22)25(30)26-19-12-13-19/h4-5,7-8,10-11,14-15,19,23H,2-3,6,9,12-13,16-17H2,1H3,(H,26,30)(H,27,29)/p+1/t23-/m1/s1. The quantitative estimate of drug-likeness (QED) is 0.643. The lowest BCUT2D eigenvalue weighted by Crippen LogP contribution is -3.13. The molecule has 1 unspecified atom stereocenters. The van der Waals surface area contributed by atoms with Crippen molar-refractivity contribution in [3.63, 3.8) is 0 Å². The lowest BCUT2D eigenvalue weighted by atomic mass is 10.0. The summed E-state index contributed by atoms with van der Waals surface area (Å²) in [5.41, 5.74) is 2.36. The summed E-state index contributed by atoms with van der Waals surface area (Å²) in [6.07, 6.45) is 6.62.